The van der Waals surface area contributed by atoms with Crippen molar-refractivity contribution in [2.45, 2.75) is 58.0 Å². The van der Waals surface area contributed by atoms with Crippen molar-refractivity contribution in [3.63, 3.8) is 0 Å². The molecule has 6 heteroatoms. The molecule has 2 saturated heterocycles. The van der Waals surface area contributed by atoms with Gasteiger partial charge in [0.05, 0.1) is 13.1 Å². The number of pyridine rings is 2. The number of rotatable bonds is 6. The number of anilines is 3. The van der Waals surface area contributed by atoms with Gasteiger partial charge in [0, 0.05) is 24.8 Å². The standard InChI is InChI=1S/C24H33FN4O/c1-16(2)18-5-8-26-21(11-18)27-22-12-19(13-23(28-22)29-14-20(25)15-29)24(17(3)4)6-9-30-10-7-24/h5,8,11-13,16-17,20H,6-7,9-10,14-15H2,1-4H3,(H,26,27,28). The highest BCUT2D eigenvalue weighted by Crippen LogP contribution is 2.43. The monoisotopic (exact) mass is 412 g/mol. The quantitative estimate of drug-likeness (QED) is 0.706. The second kappa shape index (κ2) is 8.50. The van der Waals surface area contributed by atoms with Gasteiger partial charge in [-0.15, -0.1) is 0 Å². The Morgan fingerprint density at radius 3 is 2.47 bits per heavy atom. The number of hydrogen-bond donors (Lipinski definition) is 1. The summed E-state index contributed by atoms with van der Waals surface area (Å²) in [4.78, 5) is 11.3. The third kappa shape index (κ3) is 4.15. The number of ether oxygens (including phenoxy) is 1. The Hall–Kier alpha value is -2.21. The van der Waals surface area contributed by atoms with Gasteiger partial charge in [-0.05, 0) is 60.1 Å². The van der Waals surface area contributed by atoms with Crippen molar-refractivity contribution in [3.05, 3.63) is 41.6 Å². The Bertz CT molecular complexity index is 873. The molecule has 0 amide bonds. The normalized spacial score (nSPS) is 19.2. The van der Waals surface area contributed by atoms with E-state index in [1.165, 1.54) is 11.1 Å². The van der Waals surface area contributed by atoms with Gasteiger partial charge in [0.2, 0.25) is 0 Å². The van der Waals surface area contributed by atoms with E-state index in [9.17, 15) is 4.39 Å². The molecule has 0 aromatic carbocycles. The molecule has 5 nitrogen and oxygen atoms in total. The van der Waals surface area contributed by atoms with Gasteiger partial charge in [0.25, 0.3) is 0 Å². The molecule has 1 N–H and O–H groups in total. The van der Waals surface area contributed by atoms with E-state index < -0.39 is 6.17 Å². The van der Waals surface area contributed by atoms with Crippen LogP contribution in [0, 0.1) is 5.92 Å². The predicted octanol–water partition coefficient (Wildman–Crippen LogP) is 5.21. The van der Waals surface area contributed by atoms with Crippen LogP contribution in [-0.4, -0.2) is 42.4 Å². The molecule has 4 heterocycles. The highest BCUT2D eigenvalue weighted by Gasteiger charge is 2.39. The maximum absolute atomic E-state index is 13.6. The van der Waals surface area contributed by atoms with Gasteiger partial charge in [-0.3, -0.25) is 0 Å². The van der Waals surface area contributed by atoms with Crippen molar-refractivity contribution in [2.75, 3.05) is 36.5 Å². The maximum Gasteiger partial charge on any atom is 0.135 e. The van der Waals surface area contributed by atoms with Crippen LogP contribution in [0.2, 0.25) is 0 Å². The number of nitrogens with zero attached hydrogens (tertiary/aromatic N) is 3. The van der Waals surface area contributed by atoms with Crippen LogP contribution in [0.5, 0.6) is 0 Å². The van der Waals surface area contributed by atoms with Crippen molar-refractivity contribution < 1.29 is 9.13 Å². The molecule has 0 unspecified atom stereocenters. The fourth-order valence-electron chi connectivity index (χ4n) is 4.58. The van der Waals surface area contributed by atoms with Crippen molar-refractivity contribution in [2.24, 2.45) is 5.92 Å². The summed E-state index contributed by atoms with van der Waals surface area (Å²) in [6, 6.07) is 8.44. The first kappa shape index (κ1) is 21.0. The van der Waals surface area contributed by atoms with Crippen LogP contribution in [0.25, 0.3) is 0 Å². The van der Waals surface area contributed by atoms with E-state index in [-0.39, 0.29) is 5.41 Å². The summed E-state index contributed by atoms with van der Waals surface area (Å²) in [5, 5.41) is 3.42. The lowest BCUT2D eigenvalue weighted by molar-refractivity contribution is 0.0321. The van der Waals surface area contributed by atoms with E-state index in [0.29, 0.717) is 24.9 Å². The minimum Gasteiger partial charge on any atom is -0.381 e. The Kier molecular flexibility index (Phi) is 5.96. The summed E-state index contributed by atoms with van der Waals surface area (Å²) in [5.74, 6) is 3.30. The van der Waals surface area contributed by atoms with Gasteiger partial charge in [0.15, 0.2) is 0 Å². The zero-order valence-corrected chi connectivity index (χ0v) is 18.5. The molecule has 0 radical (unpaired) electrons. The third-order valence-electron chi connectivity index (χ3n) is 6.74. The summed E-state index contributed by atoms with van der Waals surface area (Å²) >= 11 is 0. The molecule has 0 saturated carbocycles. The van der Waals surface area contributed by atoms with Crippen LogP contribution in [0.1, 0.15) is 57.6 Å². The van der Waals surface area contributed by atoms with Gasteiger partial charge in [-0.25, -0.2) is 14.4 Å². The van der Waals surface area contributed by atoms with E-state index in [4.69, 9.17) is 9.72 Å². The van der Waals surface area contributed by atoms with Gasteiger partial charge in [-0.1, -0.05) is 27.7 Å². The zero-order valence-electron chi connectivity index (χ0n) is 18.5. The van der Waals surface area contributed by atoms with E-state index in [1.54, 1.807) is 0 Å². The summed E-state index contributed by atoms with van der Waals surface area (Å²) in [7, 11) is 0. The second-order valence-corrected chi connectivity index (χ2v) is 9.28. The zero-order chi connectivity index (χ0) is 21.3. The summed E-state index contributed by atoms with van der Waals surface area (Å²) in [5.41, 5.74) is 2.53. The van der Waals surface area contributed by atoms with Gasteiger partial charge in [0.1, 0.15) is 23.6 Å². The highest BCUT2D eigenvalue weighted by atomic mass is 19.1. The maximum atomic E-state index is 13.6. The highest BCUT2D eigenvalue weighted by molar-refractivity contribution is 5.59. The minimum atomic E-state index is -0.765. The number of hydrogen-bond acceptors (Lipinski definition) is 5. The molecule has 162 valence electrons. The molecule has 4 rings (SSSR count). The molecule has 0 bridgehead atoms. The summed E-state index contributed by atoms with van der Waals surface area (Å²) in [6.45, 7) is 11.3. The lowest BCUT2D eigenvalue weighted by Gasteiger charge is -2.42. The SMILES string of the molecule is CC(C)c1ccnc(Nc2cc(C3(C(C)C)CCOCC3)cc(N3CC(F)C3)n2)c1. The molecule has 0 aliphatic carbocycles. The van der Waals surface area contributed by atoms with Gasteiger partial charge < -0.3 is 15.0 Å². The van der Waals surface area contributed by atoms with Crippen LogP contribution < -0.4 is 10.2 Å². The molecule has 2 fully saturated rings. The first-order valence-corrected chi connectivity index (χ1v) is 11.1. The minimum absolute atomic E-state index is 0.0412. The fraction of sp³-hybridized carbons (Fsp3) is 0.583. The Morgan fingerprint density at radius 2 is 1.83 bits per heavy atom. The molecule has 0 atom stereocenters. The first-order valence-electron chi connectivity index (χ1n) is 11.1. The number of alkyl halides is 1. The lowest BCUT2D eigenvalue weighted by Crippen LogP contribution is -2.49. The summed E-state index contributed by atoms with van der Waals surface area (Å²) < 4.78 is 19.2. The fourth-order valence-corrected chi connectivity index (χ4v) is 4.58. The molecule has 2 aromatic rings. The average molecular weight is 413 g/mol. The Morgan fingerprint density at radius 1 is 1.10 bits per heavy atom. The van der Waals surface area contributed by atoms with Crippen molar-refractivity contribution in [1.82, 2.24) is 9.97 Å². The molecule has 0 spiro atoms. The van der Waals surface area contributed by atoms with Crippen molar-refractivity contribution in [1.29, 1.82) is 0 Å². The van der Waals surface area contributed by atoms with Crippen LogP contribution >= 0.6 is 0 Å². The lowest BCUT2D eigenvalue weighted by atomic mass is 9.67. The predicted molar refractivity (Wildman–Crippen MR) is 120 cm³/mol. The average Bonchev–Trinajstić information content (AvgIpc) is 2.71. The van der Waals surface area contributed by atoms with E-state index >= 15 is 0 Å². The van der Waals surface area contributed by atoms with Crippen molar-refractivity contribution >= 4 is 17.5 Å². The third-order valence-corrected chi connectivity index (χ3v) is 6.74. The van der Waals surface area contributed by atoms with Gasteiger partial charge in [-0.2, -0.15) is 0 Å². The van der Waals surface area contributed by atoms with Crippen LogP contribution in [-0.2, 0) is 10.2 Å². The summed E-state index contributed by atoms with van der Waals surface area (Å²) in [6.07, 6.45) is 3.04. The van der Waals surface area contributed by atoms with Gasteiger partial charge >= 0.3 is 0 Å². The molecule has 30 heavy (non-hydrogen) atoms. The van der Waals surface area contributed by atoms with E-state index in [0.717, 1.165) is 43.5 Å². The second-order valence-electron chi connectivity index (χ2n) is 9.28. The van der Waals surface area contributed by atoms with E-state index in [1.807, 2.05) is 17.2 Å². The molecule has 2 aromatic heterocycles. The Balaban J connectivity index is 1.72. The van der Waals surface area contributed by atoms with Crippen LogP contribution in [0.15, 0.2) is 30.5 Å². The molecular formula is C24H33FN4O. The van der Waals surface area contributed by atoms with E-state index in [2.05, 4.69) is 56.2 Å². The molecular weight excluding hydrogens is 379 g/mol. The number of aromatic nitrogens is 2. The first-order chi connectivity index (χ1) is 14.4. The van der Waals surface area contributed by atoms with Crippen LogP contribution in [0.4, 0.5) is 21.8 Å². The molecule has 2 aliphatic rings. The smallest absolute Gasteiger partial charge is 0.135 e. The number of nitrogens with one attached hydrogen (secondary N) is 1. The van der Waals surface area contributed by atoms with Crippen molar-refractivity contribution in [3.8, 4) is 0 Å². The molecule has 2 aliphatic heterocycles. The topological polar surface area (TPSA) is 50.3 Å². The van der Waals surface area contributed by atoms with Crippen LogP contribution in [0.3, 0.4) is 0 Å². The number of halogens is 1. The Labute approximate surface area is 179 Å². The largest absolute Gasteiger partial charge is 0.381 e.